The number of hydrogen-bond acceptors (Lipinski definition) is 4. The molecule has 0 aliphatic carbocycles. The SMILES string of the molecule is COc1ccc(Br)cc1[C@@H](CC(=O)O)NC(=O)OCc1ccccc1. The van der Waals surface area contributed by atoms with Crippen LogP contribution in [0.5, 0.6) is 5.75 Å². The zero-order valence-electron chi connectivity index (χ0n) is 13.6. The molecule has 6 nitrogen and oxygen atoms in total. The summed E-state index contributed by atoms with van der Waals surface area (Å²) in [7, 11) is 1.48. The molecule has 0 aliphatic rings. The smallest absolute Gasteiger partial charge is 0.407 e. The molecule has 0 aliphatic heterocycles. The van der Waals surface area contributed by atoms with Gasteiger partial charge in [-0.05, 0) is 23.8 Å². The lowest BCUT2D eigenvalue weighted by Gasteiger charge is -2.20. The summed E-state index contributed by atoms with van der Waals surface area (Å²) in [6.07, 6.45) is -0.995. The molecule has 0 saturated heterocycles. The van der Waals surface area contributed by atoms with E-state index in [0.717, 1.165) is 10.0 Å². The van der Waals surface area contributed by atoms with Gasteiger partial charge in [-0.25, -0.2) is 4.79 Å². The molecule has 2 rings (SSSR count). The van der Waals surface area contributed by atoms with Crippen LogP contribution in [0.4, 0.5) is 4.79 Å². The monoisotopic (exact) mass is 407 g/mol. The Kier molecular flexibility index (Phi) is 6.82. The molecule has 2 N–H and O–H groups in total. The van der Waals surface area contributed by atoms with Crippen LogP contribution in [-0.2, 0) is 16.1 Å². The number of nitrogens with one attached hydrogen (secondary N) is 1. The number of hydrogen-bond donors (Lipinski definition) is 2. The van der Waals surface area contributed by atoms with Crippen molar-refractivity contribution in [2.24, 2.45) is 0 Å². The zero-order chi connectivity index (χ0) is 18.2. The van der Waals surface area contributed by atoms with Crippen LogP contribution in [0.2, 0.25) is 0 Å². The van der Waals surface area contributed by atoms with Gasteiger partial charge in [0.15, 0.2) is 0 Å². The highest BCUT2D eigenvalue weighted by Crippen LogP contribution is 2.30. The van der Waals surface area contributed by atoms with Gasteiger partial charge in [-0.1, -0.05) is 46.3 Å². The summed E-state index contributed by atoms with van der Waals surface area (Å²) in [5.41, 5.74) is 1.39. The number of carboxylic acid groups (broad SMARTS) is 1. The van der Waals surface area contributed by atoms with Gasteiger partial charge in [-0.15, -0.1) is 0 Å². The second-order valence-electron chi connectivity index (χ2n) is 5.24. The predicted octanol–water partition coefficient (Wildman–Crippen LogP) is 3.90. The lowest BCUT2D eigenvalue weighted by atomic mass is 10.0. The summed E-state index contributed by atoms with van der Waals surface area (Å²) in [5, 5.41) is 11.7. The molecule has 0 spiro atoms. The van der Waals surface area contributed by atoms with Crippen LogP contribution in [-0.4, -0.2) is 24.3 Å². The molecule has 0 radical (unpaired) electrons. The second kappa shape index (κ2) is 9.08. The maximum absolute atomic E-state index is 12.1. The average Bonchev–Trinajstić information content (AvgIpc) is 2.60. The Morgan fingerprint density at radius 2 is 1.92 bits per heavy atom. The topological polar surface area (TPSA) is 84.9 Å². The largest absolute Gasteiger partial charge is 0.496 e. The lowest BCUT2D eigenvalue weighted by molar-refractivity contribution is -0.137. The number of ether oxygens (including phenoxy) is 2. The van der Waals surface area contributed by atoms with E-state index in [9.17, 15) is 9.59 Å². The van der Waals surface area contributed by atoms with Gasteiger partial charge in [0.05, 0.1) is 19.6 Å². The molecule has 1 amide bonds. The van der Waals surface area contributed by atoms with Crippen molar-refractivity contribution in [2.75, 3.05) is 7.11 Å². The predicted molar refractivity (Wildman–Crippen MR) is 95.5 cm³/mol. The minimum atomic E-state index is -1.05. The molecule has 0 fully saturated rings. The van der Waals surface area contributed by atoms with E-state index in [1.54, 1.807) is 18.2 Å². The second-order valence-corrected chi connectivity index (χ2v) is 6.16. The highest BCUT2D eigenvalue weighted by Gasteiger charge is 2.22. The fraction of sp³-hybridized carbons (Fsp3) is 0.222. The number of alkyl carbamates (subject to hydrolysis) is 1. The van der Waals surface area contributed by atoms with Crippen molar-refractivity contribution >= 4 is 28.0 Å². The Hall–Kier alpha value is -2.54. The maximum atomic E-state index is 12.1. The van der Waals surface area contributed by atoms with E-state index in [-0.39, 0.29) is 13.0 Å². The molecule has 2 aromatic rings. The standard InChI is InChI=1S/C18H18BrNO5/c1-24-16-8-7-13(19)9-14(16)15(10-17(21)22)20-18(23)25-11-12-5-3-2-4-6-12/h2-9,15H,10-11H2,1H3,(H,20,23)(H,21,22)/t15-/m1/s1. The summed E-state index contributed by atoms with van der Waals surface area (Å²) in [6, 6.07) is 13.6. The lowest BCUT2D eigenvalue weighted by Crippen LogP contribution is -2.31. The Bertz CT molecular complexity index is 736. The normalized spacial score (nSPS) is 11.4. The zero-order valence-corrected chi connectivity index (χ0v) is 15.2. The summed E-state index contributed by atoms with van der Waals surface area (Å²) in [6.45, 7) is 0.0993. The number of methoxy groups -OCH3 is 1. The third-order valence-electron chi connectivity index (χ3n) is 3.45. The first-order valence-electron chi connectivity index (χ1n) is 7.52. The van der Waals surface area contributed by atoms with Crippen molar-refractivity contribution in [3.63, 3.8) is 0 Å². The number of rotatable bonds is 7. The fourth-order valence-electron chi connectivity index (χ4n) is 2.30. The summed E-state index contributed by atoms with van der Waals surface area (Å²) < 4.78 is 11.2. The number of aliphatic carboxylic acids is 1. The highest BCUT2D eigenvalue weighted by atomic mass is 79.9. The average molecular weight is 408 g/mol. The van der Waals surface area contributed by atoms with Crippen molar-refractivity contribution in [3.8, 4) is 5.75 Å². The van der Waals surface area contributed by atoms with Crippen LogP contribution in [0.3, 0.4) is 0 Å². The fourth-order valence-corrected chi connectivity index (χ4v) is 2.68. The Labute approximate surface area is 153 Å². The molecule has 0 unspecified atom stereocenters. The number of carboxylic acids is 1. The van der Waals surface area contributed by atoms with Gasteiger partial charge < -0.3 is 19.9 Å². The van der Waals surface area contributed by atoms with Crippen molar-refractivity contribution in [2.45, 2.75) is 19.1 Å². The minimum absolute atomic E-state index is 0.0993. The van der Waals surface area contributed by atoms with Crippen molar-refractivity contribution in [3.05, 3.63) is 64.1 Å². The van der Waals surface area contributed by atoms with Crippen molar-refractivity contribution < 1.29 is 24.2 Å². The number of benzene rings is 2. The molecule has 0 aromatic heterocycles. The van der Waals surface area contributed by atoms with Crippen LogP contribution >= 0.6 is 15.9 Å². The molecule has 2 aromatic carbocycles. The summed E-state index contributed by atoms with van der Waals surface area (Å²) in [5.74, 6) is -0.562. The van der Waals surface area contributed by atoms with E-state index < -0.39 is 18.1 Å². The van der Waals surface area contributed by atoms with Gasteiger partial charge in [0.2, 0.25) is 0 Å². The quantitative estimate of drug-likeness (QED) is 0.726. The molecule has 0 bridgehead atoms. The number of carbonyl (C=O) groups is 2. The molecular weight excluding hydrogens is 390 g/mol. The van der Waals surface area contributed by atoms with Gasteiger partial charge in [0.25, 0.3) is 0 Å². The third kappa shape index (κ3) is 5.79. The van der Waals surface area contributed by atoms with Crippen LogP contribution in [0.15, 0.2) is 53.0 Å². The van der Waals surface area contributed by atoms with Gasteiger partial charge in [0.1, 0.15) is 12.4 Å². The van der Waals surface area contributed by atoms with Gasteiger partial charge >= 0.3 is 12.1 Å². The molecular formula is C18H18BrNO5. The van der Waals surface area contributed by atoms with E-state index in [4.69, 9.17) is 14.6 Å². The molecule has 7 heteroatoms. The van der Waals surface area contributed by atoms with Crippen LogP contribution in [0.25, 0.3) is 0 Å². The maximum Gasteiger partial charge on any atom is 0.407 e. The third-order valence-corrected chi connectivity index (χ3v) is 3.94. The van der Waals surface area contributed by atoms with E-state index >= 15 is 0 Å². The molecule has 25 heavy (non-hydrogen) atoms. The van der Waals surface area contributed by atoms with E-state index in [2.05, 4.69) is 21.2 Å². The van der Waals surface area contributed by atoms with Crippen molar-refractivity contribution in [1.82, 2.24) is 5.32 Å². The Balaban J connectivity index is 2.11. The Morgan fingerprint density at radius 1 is 1.20 bits per heavy atom. The molecule has 1 atom stereocenters. The van der Waals surface area contributed by atoms with Crippen LogP contribution in [0, 0.1) is 0 Å². The first-order valence-corrected chi connectivity index (χ1v) is 8.31. The molecule has 0 saturated carbocycles. The van der Waals surface area contributed by atoms with E-state index in [0.29, 0.717) is 11.3 Å². The first kappa shape index (κ1) is 18.8. The summed E-state index contributed by atoms with van der Waals surface area (Å²) in [4.78, 5) is 23.3. The Morgan fingerprint density at radius 3 is 2.56 bits per heavy atom. The minimum Gasteiger partial charge on any atom is -0.496 e. The van der Waals surface area contributed by atoms with E-state index in [1.165, 1.54) is 7.11 Å². The number of halogens is 1. The van der Waals surface area contributed by atoms with Crippen LogP contribution in [0.1, 0.15) is 23.6 Å². The number of carbonyl (C=O) groups excluding carboxylic acids is 1. The molecule has 132 valence electrons. The summed E-state index contributed by atoms with van der Waals surface area (Å²) >= 11 is 3.34. The van der Waals surface area contributed by atoms with Gasteiger partial charge in [-0.2, -0.15) is 0 Å². The molecule has 0 heterocycles. The van der Waals surface area contributed by atoms with Gasteiger partial charge in [0, 0.05) is 10.0 Å². The van der Waals surface area contributed by atoms with Crippen LogP contribution < -0.4 is 10.1 Å². The highest BCUT2D eigenvalue weighted by molar-refractivity contribution is 9.10. The van der Waals surface area contributed by atoms with E-state index in [1.807, 2.05) is 30.3 Å². The first-order chi connectivity index (χ1) is 12.0. The number of amides is 1. The van der Waals surface area contributed by atoms with Gasteiger partial charge in [-0.3, -0.25) is 4.79 Å². The van der Waals surface area contributed by atoms with Crippen molar-refractivity contribution in [1.29, 1.82) is 0 Å².